The Kier molecular flexibility index (Phi) is 4.90. The van der Waals surface area contributed by atoms with Gasteiger partial charge in [-0.3, -0.25) is 9.78 Å². The highest BCUT2D eigenvalue weighted by Crippen LogP contribution is 2.25. The van der Waals surface area contributed by atoms with Gasteiger partial charge in [-0.15, -0.1) is 0 Å². The zero-order valence-corrected chi connectivity index (χ0v) is 12.0. The molecule has 5 nitrogen and oxygen atoms in total. The Morgan fingerprint density at radius 2 is 2.05 bits per heavy atom. The third-order valence-corrected chi connectivity index (χ3v) is 2.89. The number of hydrogen-bond donors (Lipinski definition) is 2. The third kappa shape index (κ3) is 4.29. The van der Waals surface area contributed by atoms with Gasteiger partial charge >= 0.3 is 0 Å². The summed E-state index contributed by atoms with van der Waals surface area (Å²) in [5.74, 6) is 1.04. The monoisotopic (exact) mass is 286 g/mol. The van der Waals surface area contributed by atoms with Gasteiger partial charge in [0.25, 0.3) is 5.91 Å². The molecule has 1 aromatic heterocycles. The number of carbonyl (C=O) groups excluding carboxylic acids is 1. The second-order valence-electron chi connectivity index (χ2n) is 4.82. The quantitative estimate of drug-likeness (QED) is 0.884. The molecule has 0 radical (unpaired) electrons. The standard InChI is InChI=1S/C16H18N2O3/c1-11-3-4-13(16(20)18-10-12(2)19)9-15(11)21-14-5-7-17-8-6-14/h3-9,12,19H,10H2,1-2H3,(H,18,20). The minimum absolute atomic E-state index is 0.216. The number of nitrogens with one attached hydrogen (secondary N) is 1. The van der Waals surface area contributed by atoms with Crippen LogP contribution < -0.4 is 10.1 Å². The van der Waals surface area contributed by atoms with E-state index in [0.29, 0.717) is 17.1 Å². The molecule has 0 saturated heterocycles. The summed E-state index contributed by atoms with van der Waals surface area (Å²) < 4.78 is 5.76. The van der Waals surface area contributed by atoms with Gasteiger partial charge in [-0.1, -0.05) is 6.07 Å². The Morgan fingerprint density at radius 1 is 1.33 bits per heavy atom. The smallest absolute Gasteiger partial charge is 0.251 e. The number of hydrogen-bond acceptors (Lipinski definition) is 4. The van der Waals surface area contributed by atoms with Gasteiger partial charge in [0, 0.05) is 24.5 Å². The number of benzene rings is 1. The SMILES string of the molecule is Cc1ccc(C(=O)NCC(C)O)cc1Oc1ccncc1. The molecule has 1 amide bonds. The summed E-state index contributed by atoms with van der Waals surface area (Å²) in [7, 11) is 0. The van der Waals surface area contributed by atoms with Gasteiger partial charge in [-0.2, -0.15) is 0 Å². The normalized spacial score (nSPS) is 11.8. The summed E-state index contributed by atoms with van der Waals surface area (Å²) in [6.07, 6.45) is 2.71. The van der Waals surface area contributed by atoms with E-state index in [9.17, 15) is 9.90 Å². The van der Waals surface area contributed by atoms with Gasteiger partial charge < -0.3 is 15.2 Å². The van der Waals surface area contributed by atoms with E-state index in [1.165, 1.54) is 0 Å². The summed E-state index contributed by atoms with van der Waals surface area (Å²) in [5, 5.41) is 11.9. The molecule has 21 heavy (non-hydrogen) atoms. The number of pyridine rings is 1. The third-order valence-electron chi connectivity index (χ3n) is 2.89. The van der Waals surface area contributed by atoms with Crippen LogP contribution in [0.4, 0.5) is 0 Å². The van der Waals surface area contributed by atoms with Crippen LogP contribution in [0, 0.1) is 6.92 Å². The molecular formula is C16H18N2O3. The van der Waals surface area contributed by atoms with Crippen LogP contribution in [-0.2, 0) is 0 Å². The lowest BCUT2D eigenvalue weighted by molar-refractivity contribution is 0.0923. The van der Waals surface area contributed by atoms with Crippen molar-refractivity contribution in [1.82, 2.24) is 10.3 Å². The van der Waals surface area contributed by atoms with Crippen molar-refractivity contribution in [3.05, 3.63) is 53.9 Å². The maximum absolute atomic E-state index is 12.0. The summed E-state index contributed by atoms with van der Waals surface area (Å²) in [6.45, 7) is 3.74. The van der Waals surface area contributed by atoms with Crippen molar-refractivity contribution >= 4 is 5.91 Å². The first-order valence-electron chi connectivity index (χ1n) is 6.71. The predicted octanol–water partition coefficient (Wildman–Crippen LogP) is 2.29. The number of aliphatic hydroxyl groups excluding tert-OH is 1. The summed E-state index contributed by atoms with van der Waals surface area (Å²) in [4.78, 5) is 15.9. The molecular weight excluding hydrogens is 268 g/mol. The van der Waals surface area contributed by atoms with Gasteiger partial charge in [-0.05, 0) is 43.7 Å². The highest BCUT2D eigenvalue weighted by Gasteiger charge is 2.10. The maximum atomic E-state index is 12.0. The van der Waals surface area contributed by atoms with Crippen LogP contribution in [0.15, 0.2) is 42.7 Å². The molecule has 2 N–H and O–H groups in total. The van der Waals surface area contributed by atoms with Crippen molar-refractivity contribution in [1.29, 1.82) is 0 Å². The lowest BCUT2D eigenvalue weighted by Crippen LogP contribution is -2.30. The number of aliphatic hydroxyl groups is 1. The van der Waals surface area contributed by atoms with Crippen LogP contribution in [-0.4, -0.2) is 28.6 Å². The van der Waals surface area contributed by atoms with Crippen LogP contribution in [0.3, 0.4) is 0 Å². The zero-order chi connectivity index (χ0) is 15.2. The van der Waals surface area contributed by atoms with E-state index in [1.54, 1.807) is 43.6 Å². The number of aromatic nitrogens is 1. The summed E-state index contributed by atoms with van der Waals surface area (Å²) in [6, 6.07) is 8.74. The lowest BCUT2D eigenvalue weighted by atomic mass is 10.1. The number of carbonyl (C=O) groups is 1. The van der Waals surface area contributed by atoms with Gasteiger partial charge in [-0.25, -0.2) is 0 Å². The Morgan fingerprint density at radius 3 is 2.71 bits per heavy atom. The number of nitrogens with zero attached hydrogens (tertiary/aromatic N) is 1. The van der Waals surface area contributed by atoms with Gasteiger partial charge in [0.1, 0.15) is 11.5 Å². The van der Waals surface area contributed by atoms with E-state index >= 15 is 0 Å². The molecule has 1 aromatic carbocycles. The van der Waals surface area contributed by atoms with Crippen molar-refractivity contribution in [2.45, 2.75) is 20.0 Å². The molecule has 5 heteroatoms. The van der Waals surface area contributed by atoms with Crippen LogP contribution in [0.1, 0.15) is 22.8 Å². The van der Waals surface area contributed by atoms with Crippen molar-refractivity contribution < 1.29 is 14.6 Å². The molecule has 0 bridgehead atoms. The van der Waals surface area contributed by atoms with E-state index in [4.69, 9.17) is 4.74 Å². The lowest BCUT2D eigenvalue weighted by Gasteiger charge is -2.11. The molecule has 0 aliphatic heterocycles. The molecule has 1 heterocycles. The van der Waals surface area contributed by atoms with Gasteiger partial charge in [0.05, 0.1) is 6.10 Å². The molecule has 1 unspecified atom stereocenters. The largest absolute Gasteiger partial charge is 0.457 e. The number of ether oxygens (including phenoxy) is 1. The fourth-order valence-corrected chi connectivity index (χ4v) is 1.73. The molecule has 110 valence electrons. The Labute approximate surface area is 123 Å². The van der Waals surface area contributed by atoms with E-state index < -0.39 is 6.10 Å². The molecule has 0 aliphatic rings. The van der Waals surface area contributed by atoms with Crippen LogP contribution in [0.2, 0.25) is 0 Å². The van der Waals surface area contributed by atoms with E-state index in [-0.39, 0.29) is 12.5 Å². The van der Waals surface area contributed by atoms with Crippen LogP contribution >= 0.6 is 0 Å². The van der Waals surface area contributed by atoms with Gasteiger partial charge in [0.2, 0.25) is 0 Å². The first-order chi connectivity index (χ1) is 10.1. The van der Waals surface area contributed by atoms with Crippen molar-refractivity contribution in [3.8, 4) is 11.5 Å². The van der Waals surface area contributed by atoms with Gasteiger partial charge in [0.15, 0.2) is 0 Å². The number of aryl methyl sites for hydroxylation is 1. The Hall–Kier alpha value is -2.40. The molecule has 2 aromatic rings. The second kappa shape index (κ2) is 6.85. The fourth-order valence-electron chi connectivity index (χ4n) is 1.73. The average molecular weight is 286 g/mol. The highest BCUT2D eigenvalue weighted by molar-refractivity contribution is 5.94. The topological polar surface area (TPSA) is 71.5 Å². The number of amides is 1. The highest BCUT2D eigenvalue weighted by atomic mass is 16.5. The second-order valence-corrected chi connectivity index (χ2v) is 4.82. The Balaban J connectivity index is 2.15. The molecule has 0 saturated carbocycles. The fraction of sp³-hybridized carbons (Fsp3) is 0.250. The minimum atomic E-state index is -0.577. The molecule has 1 atom stereocenters. The average Bonchev–Trinajstić information content (AvgIpc) is 2.48. The van der Waals surface area contributed by atoms with E-state index in [2.05, 4.69) is 10.3 Å². The zero-order valence-electron chi connectivity index (χ0n) is 12.0. The number of rotatable bonds is 5. The molecule has 0 aliphatic carbocycles. The predicted molar refractivity (Wildman–Crippen MR) is 79.5 cm³/mol. The van der Waals surface area contributed by atoms with Crippen LogP contribution in [0.25, 0.3) is 0 Å². The Bertz CT molecular complexity index is 612. The summed E-state index contributed by atoms with van der Waals surface area (Å²) >= 11 is 0. The maximum Gasteiger partial charge on any atom is 0.251 e. The minimum Gasteiger partial charge on any atom is -0.457 e. The first kappa shape index (κ1) is 15.0. The molecule has 0 spiro atoms. The summed E-state index contributed by atoms with van der Waals surface area (Å²) in [5.41, 5.74) is 1.42. The van der Waals surface area contributed by atoms with E-state index in [0.717, 1.165) is 5.56 Å². The molecule has 2 rings (SSSR count). The first-order valence-corrected chi connectivity index (χ1v) is 6.71. The van der Waals surface area contributed by atoms with Crippen molar-refractivity contribution in [2.24, 2.45) is 0 Å². The van der Waals surface area contributed by atoms with E-state index in [1.807, 2.05) is 13.0 Å². The van der Waals surface area contributed by atoms with Crippen molar-refractivity contribution in [2.75, 3.05) is 6.54 Å². The van der Waals surface area contributed by atoms with Crippen molar-refractivity contribution in [3.63, 3.8) is 0 Å². The molecule has 0 fully saturated rings. The van der Waals surface area contributed by atoms with Crippen LogP contribution in [0.5, 0.6) is 11.5 Å².